The van der Waals surface area contributed by atoms with E-state index < -0.39 is 5.79 Å². The molecule has 0 aromatic carbocycles. The van der Waals surface area contributed by atoms with Crippen molar-refractivity contribution in [1.29, 1.82) is 0 Å². The first kappa shape index (κ1) is 8.78. The minimum Gasteiger partial charge on any atom is -0.470 e. The standard InChI is InChI=1S/C10H14O3/c1-3-5-9(11-4-2)8-10(13-9)6-7-12-10/h3-4H,1-2,5-8H2. The van der Waals surface area contributed by atoms with E-state index in [-0.39, 0.29) is 5.79 Å². The predicted molar refractivity (Wildman–Crippen MR) is 47.8 cm³/mol. The lowest BCUT2D eigenvalue weighted by Crippen LogP contribution is -2.66. The van der Waals surface area contributed by atoms with Gasteiger partial charge in [-0.05, 0) is 0 Å². The van der Waals surface area contributed by atoms with Gasteiger partial charge in [0.2, 0.25) is 5.79 Å². The molecule has 0 aromatic heterocycles. The zero-order valence-electron chi connectivity index (χ0n) is 7.62. The molecule has 13 heavy (non-hydrogen) atoms. The van der Waals surface area contributed by atoms with Crippen molar-refractivity contribution in [2.75, 3.05) is 6.61 Å². The summed E-state index contributed by atoms with van der Waals surface area (Å²) >= 11 is 0. The third kappa shape index (κ3) is 1.28. The zero-order chi connectivity index (χ0) is 9.36. The molecule has 72 valence electrons. The first-order valence-electron chi connectivity index (χ1n) is 4.48. The van der Waals surface area contributed by atoms with Crippen LogP contribution in [0.4, 0.5) is 0 Å². The van der Waals surface area contributed by atoms with Crippen molar-refractivity contribution in [3.8, 4) is 0 Å². The summed E-state index contributed by atoms with van der Waals surface area (Å²) in [4.78, 5) is 0. The summed E-state index contributed by atoms with van der Waals surface area (Å²) < 4.78 is 16.3. The maximum absolute atomic E-state index is 5.64. The van der Waals surface area contributed by atoms with Gasteiger partial charge in [0, 0.05) is 12.8 Å². The van der Waals surface area contributed by atoms with Crippen LogP contribution in [0.2, 0.25) is 0 Å². The van der Waals surface area contributed by atoms with Crippen LogP contribution in [0.5, 0.6) is 0 Å². The van der Waals surface area contributed by atoms with Gasteiger partial charge in [0.15, 0.2) is 5.79 Å². The van der Waals surface area contributed by atoms with Gasteiger partial charge in [-0.3, -0.25) is 0 Å². The fourth-order valence-corrected chi connectivity index (χ4v) is 1.89. The van der Waals surface area contributed by atoms with Crippen LogP contribution in [0.25, 0.3) is 0 Å². The van der Waals surface area contributed by atoms with Crippen molar-refractivity contribution in [3.63, 3.8) is 0 Å². The third-order valence-electron chi connectivity index (χ3n) is 2.51. The molecular formula is C10H14O3. The van der Waals surface area contributed by atoms with E-state index in [2.05, 4.69) is 13.2 Å². The summed E-state index contributed by atoms with van der Waals surface area (Å²) in [5.41, 5.74) is 0. The Balaban J connectivity index is 1.95. The van der Waals surface area contributed by atoms with Crippen LogP contribution < -0.4 is 0 Å². The van der Waals surface area contributed by atoms with E-state index in [1.165, 1.54) is 6.26 Å². The normalized spacial score (nSPS) is 41.8. The summed E-state index contributed by atoms with van der Waals surface area (Å²) in [5.74, 6) is -0.893. The minimum atomic E-state index is -0.552. The first-order chi connectivity index (χ1) is 6.24. The molecule has 0 N–H and O–H groups in total. The number of hydrogen-bond donors (Lipinski definition) is 0. The lowest BCUT2D eigenvalue weighted by molar-refractivity contribution is -0.481. The molecule has 0 aromatic rings. The van der Waals surface area contributed by atoms with Crippen molar-refractivity contribution < 1.29 is 14.2 Å². The molecule has 3 heteroatoms. The topological polar surface area (TPSA) is 27.7 Å². The van der Waals surface area contributed by atoms with E-state index in [0.29, 0.717) is 6.42 Å². The maximum Gasteiger partial charge on any atom is 0.220 e. The summed E-state index contributed by atoms with van der Waals surface area (Å²) in [6.07, 6.45) is 5.61. The van der Waals surface area contributed by atoms with Crippen LogP contribution in [0.15, 0.2) is 25.5 Å². The van der Waals surface area contributed by atoms with E-state index in [4.69, 9.17) is 14.2 Å². The summed E-state index contributed by atoms with van der Waals surface area (Å²) in [7, 11) is 0. The Labute approximate surface area is 78.0 Å². The Bertz CT molecular complexity index is 210. The molecule has 0 amide bonds. The molecule has 1 spiro atoms. The number of ether oxygens (including phenoxy) is 3. The fourth-order valence-electron chi connectivity index (χ4n) is 1.89. The maximum atomic E-state index is 5.64. The van der Waals surface area contributed by atoms with E-state index >= 15 is 0 Å². The molecule has 2 aliphatic heterocycles. The van der Waals surface area contributed by atoms with Gasteiger partial charge in [0.05, 0.1) is 19.3 Å². The molecule has 2 atom stereocenters. The Hall–Kier alpha value is -0.800. The monoisotopic (exact) mass is 182 g/mol. The lowest BCUT2D eigenvalue weighted by Gasteiger charge is -2.58. The molecule has 0 radical (unpaired) electrons. The molecule has 2 fully saturated rings. The van der Waals surface area contributed by atoms with Crippen LogP contribution in [0.3, 0.4) is 0 Å². The van der Waals surface area contributed by atoms with Crippen molar-refractivity contribution in [3.05, 3.63) is 25.5 Å². The molecule has 0 aliphatic carbocycles. The third-order valence-corrected chi connectivity index (χ3v) is 2.51. The lowest BCUT2D eigenvalue weighted by atomic mass is 9.89. The van der Waals surface area contributed by atoms with Crippen LogP contribution in [-0.4, -0.2) is 18.2 Å². The second-order valence-electron chi connectivity index (χ2n) is 3.48. The van der Waals surface area contributed by atoms with Crippen LogP contribution in [0, 0.1) is 0 Å². The summed E-state index contributed by atoms with van der Waals surface area (Å²) in [6.45, 7) is 7.98. The first-order valence-corrected chi connectivity index (χ1v) is 4.48. The SMILES string of the molecule is C=CCC1(OC=C)CC2(CCO2)O1. The molecule has 3 nitrogen and oxygen atoms in total. The van der Waals surface area contributed by atoms with Gasteiger partial charge in [-0.1, -0.05) is 12.7 Å². The van der Waals surface area contributed by atoms with Gasteiger partial charge >= 0.3 is 0 Å². The van der Waals surface area contributed by atoms with Gasteiger partial charge < -0.3 is 14.2 Å². The van der Waals surface area contributed by atoms with Gasteiger partial charge in [0.25, 0.3) is 0 Å². The Morgan fingerprint density at radius 1 is 1.46 bits per heavy atom. The number of rotatable bonds is 4. The van der Waals surface area contributed by atoms with E-state index in [1.54, 1.807) is 6.08 Å². The van der Waals surface area contributed by atoms with Gasteiger partial charge in [-0.2, -0.15) is 0 Å². The quantitative estimate of drug-likeness (QED) is 0.491. The average molecular weight is 182 g/mol. The molecule has 0 saturated carbocycles. The van der Waals surface area contributed by atoms with Crippen molar-refractivity contribution in [1.82, 2.24) is 0 Å². The van der Waals surface area contributed by atoms with Crippen LogP contribution in [-0.2, 0) is 14.2 Å². The summed E-state index contributed by atoms with van der Waals surface area (Å²) in [6, 6.07) is 0. The Morgan fingerprint density at radius 3 is 2.54 bits per heavy atom. The molecule has 2 rings (SSSR count). The van der Waals surface area contributed by atoms with Gasteiger partial charge in [0.1, 0.15) is 0 Å². The zero-order valence-corrected chi connectivity index (χ0v) is 7.62. The predicted octanol–water partition coefficient (Wildman–Crippen LogP) is 1.96. The molecule has 2 saturated heterocycles. The van der Waals surface area contributed by atoms with E-state index in [9.17, 15) is 0 Å². The summed E-state index contributed by atoms with van der Waals surface area (Å²) in [5, 5.41) is 0. The highest BCUT2D eigenvalue weighted by atomic mass is 16.8. The molecule has 2 heterocycles. The minimum absolute atomic E-state index is 0.341. The Morgan fingerprint density at radius 2 is 2.15 bits per heavy atom. The highest BCUT2D eigenvalue weighted by molar-refractivity contribution is 5.00. The van der Waals surface area contributed by atoms with E-state index in [0.717, 1.165) is 19.4 Å². The molecule has 2 unspecified atom stereocenters. The second-order valence-corrected chi connectivity index (χ2v) is 3.48. The van der Waals surface area contributed by atoms with Gasteiger partial charge in [-0.15, -0.1) is 6.58 Å². The van der Waals surface area contributed by atoms with Crippen LogP contribution in [0.1, 0.15) is 19.3 Å². The highest BCUT2D eigenvalue weighted by Gasteiger charge is 2.61. The van der Waals surface area contributed by atoms with Gasteiger partial charge in [-0.25, -0.2) is 0 Å². The smallest absolute Gasteiger partial charge is 0.220 e. The van der Waals surface area contributed by atoms with Crippen molar-refractivity contribution >= 4 is 0 Å². The largest absolute Gasteiger partial charge is 0.470 e. The molecular weight excluding hydrogens is 168 g/mol. The van der Waals surface area contributed by atoms with Crippen molar-refractivity contribution in [2.24, 2.45) is 0 Å². The highest BCUT2D eigenvalue weighted by Crippen LogP contribution is 2.51. The number of hydrogen-bond acceptors (Lipinski definition) is 3. The average Bonchev–Trinajstić information content (AvgIpc) is 1.96. The Kier molecular flexibility index (Phi) is 1.93. The van der Waals surface area contributed by atoms with Crippen molar-refractivity contribution in [2.45, 2.75) is 30.8 Å². The second kappa shape index (κ2) is 2.86. The molecule has 0 bridgehead atoms. The fraction of sp³-hybridized carbons (Fsp3) is 0.600. The van der Waals surface area contributed by atoms with E-state index in [1.807, 2.05) is 0 Å². The van der Waals surface area contributed by atoms with Crippen LogP contribution >= 0.6 is 0 Å². The molecule has 2 aliphatic rings.